The fourth-order valence-electron chi connectivity index (χ4n) is 4.60. The lowest BCUT2D eigenvalue weighted by atomic mass is 9.74. The number of pyridine rings is 1. The van der Waals surface area contributed by atoms with Crippen LogP contribution in [0.5, 0.6) is 0 Å². The summed E-state index contributed by atoms with van der Waals surface area (Å²) in [4.78, 5) is 21.7. The number of anilines is 1. The monoisotopic (exact) mass is 481 g/mol. The molecule has 2 aliphatic heterocycles. The minimum absolute atomic E-state index is 0.00219. The molecule has 5 nitrogen and oxygen atoms in total. The molecule has 1 N–H and O–H groups in total. The summed E-state index contributed by atoms with van der Waals surface area (Å²) in [5.41, 5.74) is -0.481. The highest BCUT2D eigenvalue weighted by atomic mass is 35.5. The Balaban J connectivity index is 1.51. The molecule has 12 heteroatoms. The van der Waals surface area contributed by atoms with Crippen LogP contribution in [-0.4, -0.2) is 53.5 Å². The van der Waals surface area contributed by atoms with Gasteiger partial charge in [-0.15, -0.1) is 0 Å². The zero-order chi connectivity index (χ0) is 23.4. The number of nitrogens with zero attached hydrogens (tertiary/aromatic N) is 3. The van der Waals surface area contributed by atoms with Gasteiger partial charge in [0.15, 0.2) is 5.78 Å². The van der Waals surface area contributed by atoms with Gasteiger partial charge in [-0.3, -0.25) is 9.79 Å². The van der Waals surface area contributed by atoms with E-state index in [0.717, 1.165) is 6.07 Å². The molecule has 0 aromatic carbocycles. The number of Topliss-reactive ketones (excluding diaryl/α,β-unsaturated/α-hetero) is 1. The van der Waals surface area contributed by atoms with Crippen LogP contribution in [-0.2, 0) is 11.0 Å². The predicted octanol–water partition coefficient (Wildman–Crippen LogP) is 4.23. The first-order chi connectivity index (χ1) is 14.9. The number of rotatable bonds is 2. The summed E-state index contributed by atoms with van der Waals surface area (Å²) in [6.45, 7) is 0.618. The normalized spacial score (nSPS) is 25.3. The van der Waals surface area contributed by atoms with Crippen LogP contribution in [0.1, 0.15) is 24.8 Å². The van der Waals surface area contributed by atoms with E-state index in [1.165, 1.54) is 0 Å². The summed E-state index contributed by atoms with van der Waals surface area (Å²) >= 11 is 6.00. The summed E-state index contributed by atoms with van der Waals surface area (Å²) in [7, 11) is 0. The average molecular weight is 482 g/mol. The highest BCUT2D eigenvalue weighted by molar-refractivity contribution is 6.33. The number of aliphatic hydroxyl groups excluding tert-OH is 1. The van der Waals surface area contributed by atoms with Crippen molar-refractivity contribution in [2.24, 2.45) is 16.8 Å². The van der Waals surface area contributed by atoms with Crippen molar-refractivity contribution >= 4 is 28.9 Å². The van der Waals surface area contributed by atoms with Gasteiger partial charge in [0.1, 0.15) is 17.8 Å². The second-order valence-electron chi connectivity index (χ2n) is 8.11. The average Bonchev–Trinajstić information content (AvgIpc) is 3.10. The Morgan fingerprint density at radius 3 is 2.34 bits per heavy atom. The summed E-state index contributed by atoms with van der Waals surface area (Å²) in [5, 5.41) is 9.81. The maximum atomic E-state index is 13.7. The molecular formula is C20H18ClF6N3O2. The Morgan fingerprint density at radius 1 is 1.12 bits per heavy atom. The molecule has 0 saturated carbocycles. The Morgan fingerprint density at radius 2 is 1.78 bits per heavy atom. The van der Waals surface area contributed by atoms with Crippen molar-refractivity contribution in [3.63, 3.8) is 0 Å². The Bertz CT molecular complexity index is 996. The van der Waals surface area contributed by atoms with E-state index in [1.807, 2.05) is 0 Å². The molecule has 1 saturated heterocycles. The van der Waals surface area contributed by atoms with E-state index in [4.69, 9.17) is 11.6 Å². The molecule has 0 unspecified atom stereocenters. The molecule has 1 aromatic rings. The van der Waals surface area contributed by atoms with Crippen molar-refractivity contribution in [2.75, 3.05) is 24.5 Å². The molecule has 4 rings (SSSR count). The lowest BCUT2D eigenvalue weighted by Gasteiger charge is -2.36. The van der Waals surface area contributed by atoms with E-state index in [9.17, 15) is 36.2 Å². The van der Waals surface area contributed by atoms with E-state index in [2.05, 4.69) is 9.98 Å². The standard InChI is InChI=1S/C20H18ClF6N3O2/c21-12-6-11(19(22,23)24)8-29-18(12)30-3-1-9(2-4-30)16-14-10(7-28-16)5-13(31)17(32)15(14)20(25,26)27/h6,8-9,15,17,32H,1-5,7H2/t15-,17+/m0/s1. The molecule has 32 heavy (non-hydrogen) atoms. The van der Waals surface area contributed by atoms with Crippen LogP contribution >= 0.6 is 11.6 Å². The van der Waals surface area contributed by atoms with Crippen molar-refractivity contribution in [3.05, 3.63) is 34.0 Å². The summed E-state index contributed by atoms with van der Waals surface area (Å²) in [6, 6.07) is 0.794. The van der Waals surface area contributed by atoms with Crippen LogP contribution in [0, 0.1) is 11.8 Å². The van der Waals surface area contributed by atoms with Crippen molar-refractivity contribution in [1.29, 1.82) is 0 Å². The van der Waals surface area contributed by atoms with Gasteiger partial charge in [-0.2, -0.15) is 26.3 Å². The molecule has 3 aliphatic rings. The highest BCUT2D eigenvalue weighted by Gasteiger charge is 2.54. The topological polar surface area (TPSA) is 65.8 Å². The van der Waals surface area contributed by atoms with Crippen molar-refractivity contribution in [3.8, 4) is 0 Å². The molecule has 2 atom stereocenters. The third-order valence-electron chi connectivity index (χ3n) is 6.12. The number of piperidine rings is 1. The molecule has 1 aliphatic carbocycles. The first-order valence-electron chi connectivity index (χ1n) is 9.89. The largest absolute Gasteiger partial charge is 0.417 e. The summed E-state index contributed by atoms with van der Waals surface area (Å²) in [6.07, 6.45) is -10.3. The van der Waals surface area contributed by atoms with Crippen molar-refractivity contribution in [2.45, 2.75) is 37.7 Å². The van der Waals surface area contributed by atoms with Crippen LogP contribution in [0.4, 0.5) is 32.2 Å². The van der Waals surface area contributed by atoms with Crippen LogP contribution < -0.4 is 4.90 Å². The maximum Gasteiger partial charge on any atom is 0.417 e. The molecule has 0 amide bonds. The van der Waals surface area contributed by atoms with Gasteiger partial charge in [-0.05, 0) is 30.1 Å². The first kappa shape index (κ1) is 23.0. The number of hydrogen-bond acceptors (Lipinski definition) is 5. The van der Waals surface area contributed by atoms with Crippen LogP contribution in [0.3, 0.4) is 0 Å². The van der Waals surface area contributed by atoms with Gasteiger partial charge in [0.25, 0.3) is 0 Å². The third kappa shape index (κ3) is 4.12. The molecular weight excluding hydrogens is 464 g/mol. The maximum absolute atomic E-state index is 13.7. The lowest BCUT2D eigenvalue weighted by Crippen LogP contribution is -2.46. The number of aliphatic imine (C=N–C) groups is 1. The number of halogens is 7. The van der Waals surface area contributed by atoms with Gasteiger partial charge >= 0.3 is 12.4 Å². The smallest absolute Gasteiger partial charge is 0.384 e. The van der Waals surface area contributed by atoms with Gasteiger partial charge < -0.3 is 10.0 Å². The summed E-state index contributed by atoms with van der Waals surface area (Å²) in [5.74, 6) is -3.31. The third-order valence-corrected chi connectivity index (χ3v) is 6.40. The van der Waals surface area contributed by atoms with Crippen LogP contribution in [0.25, 0.3) is 0 Å². The number of aliphatic hydroxyl groups is 1. The lowest BCUT2D eigenvalue weighted by molar-refractivity contribution is -0.190. The molecule has 3 heterocycles. The number of carbonyl (C=O) groups excluding carboxylic acids is 1. The van der Waals surface area contributed by atoms with Crippen LogP contribution in [0.2, 0.25) is 5.02 Å². The molecule has 1 aromatic heterocycles. The zero-order valence-electron chi connectivity index (χ0n) is 16.5. The number of ketones is 1. The minimum Gasteiger partial charge on any atom is -0.384 e. The fourth-order valence-corrected chi connectivity index (χ4v) is 4.88. The van der Waals surface area contributed by atoms with Crippen molar-refractivity contribution < 1.29 is 36.2 Å². The van der Waals surface area contributed by atoms with Crippen molar-refractivity contribution in [1.82, 2.24) is 4.98 Å². The minimum atomic E-state index is -4.79. The molecule has 174 valence electrons. The van der Waals surface area contributed by atoms with E-state index in [1.54, 1.807) is 4.90 Å². The zero-order valence-corrected chi connectivity index (χ0v) is 17.2. The van der Waals surface area contributed by atoms with Gasteiger partial charge in [0, 0.05) is 37.3 Å². The quantitative estimate of drug-likeness (QED) is 0.642. The second-order valence-corrected chi connectivity index (χ2v) is 8.52. The number of aromatic nitrogens is 1. The van der Waals surface area contributed by atoms with E-state index in [-0.39, 0.29) is 41.0 Å². The first-order valence-corrected chi connectivity index (χ1v) is 10.3. The predicted molar refractivity (Wildman–Crippen MR) is 104 cm³/mol. The highest BCUT2D eigenvalue weighted by Crippen LogP contribution is 2.45. The van der Waals surface area contributed by atoms with E-state index < -0.39 is 35.7 Å². The molecule has 0 spiro atoms. The van der Waals surface area contributed by atoms with Gasteiger partial charge in [0.2, 0.25) is 0 Å². The second kappa shape index (κ2) is 8.02. The number of alkyl halides is 6. The van der Waals surface area contributed by atoms with E-state index >= 15 is 0 Å². The van der Waals surface area contributed by atoms with Crippen LogP contribution in [0.15, 0.2) is 28.4 Å². The van der Waals surface area contributed by atoms with E-state index in [0.29, 0.717) is 37.7 Å². The molecule has 1 fully saturated rings. The Hall–Kier alpha value is -2.14. The molecule has 0 bridgehead atoms. The number of carbonyl (C=O) groups is 1. The van der Waals surface area contributed by atoms with Gasteiger partial charge in [-0.25, -0.2) is 4.98 Å². The molecule has 0 radical (unpaired) electrons. The number of hydrogen-bond donors (Lipinski definition) is 1. The Kier molecular flexibility index (Phi) is 5.77. The Labute approximate surface area is 183 Å². The SMILES string of the molecule is O=C1CC2=C(C(C3CCN(c4ncc(C(F)(F)F)cc4Cl)CC3)=NC2)[C@H](C(F)(F)F)[C@@H]1O. The van der Waals surface area contributed by atoms with Gasteiger partial charge in [0.05, 0.1) is 17.1 Å². The fraction of sp³-hybridized carbons (Fsp3) is 0.550. The summed E-state index contributed by atoms with van der Waals surface area (Å²) < 4.78 is 79.5. The van der Waals surface area contributed by atoms with Gasteiger partial charge in [-0.1, -0.05) is 11.6 Å².